The predicted molar refractivity (Wildman–Crippen MR) is 81.6 cm³/mol. The topological polar surface area (TPSA) is 63.2 Å². The third-order valence-corrected chi connectivity index (χ3v) is 4.65. The number of para-hydroxylation sites is 1. The summed E-state index contributed by atoms with van der Waals surface area (Å²) in [5.41, 5.74) is 0.982. The zero-order chi connectivity index (χ0) is 15.6. The van der Waals surface area contributed by atoms with Crippen molar-refractivity contribution in [2.45, 2.75) is 11.8 Å². The molecule has 2 aromatic rings. The maximum absolute atomic E-state index is 13.2. The number of amides is 1. The van der Waals surface area contributed by atoms with E-state index in [-0.39, 0.29) is 5.69 Å². The summed E-state index contributed by atoms with van der Waals surface area (Å²) in [6.45, 7) is 1.75. The number of carbonyl (C=O) groups excluding carboxylic acids is 1. The SMILES string of the molecule is Cc1c(Br)cccc1C(=O)Nc1ccccc1S(=O)(=O)F. The van der Waals surface area contributed by atoms with E-state index in [1.165, 1.54) is 18.2 Å². The van der Waals surface area contributed by atoms with Gasteiger partial charge in [-0.3, -0.25) is 4.79 Å². The third kappa shape index (κ3) is 3.48. The van der Waals surface area contributed by atoms with Gasteiger partial charge in [-0.25, -0.2) is 0 Å². The first-order valence-electron chi connectivity index (χ1n) is 5.91. The number of halogens is 2. The molecule has 21 heavy (non-hydrogen) atoms. The van der Waals surface area contributed by atoms with Crippen molar-refractivity contribution in [2.24, 2.45) is 0 Å². The van der Waals surface area contributed by atoms with E-state index in [9.17, 15) is 17.1 Å². The van der Waals surface area contributed by atoms with Crippen LogP contribution in [0.15, 0.2) is 51.8 Å². The molecule has 7 heteroatoms. The fraction of sp³-hybridized carbons (Fsp3) is 0.0714. The molecule has 4 nitrogen and oxygen atoms in total. The highest BCUT2D eigenvalue weighted by Gasteiger charge is 2.19. The Balaban J connectivity index is 2.40. The van der Waals surface area contributed by atoms with Crippen molar-refractivity contribution in [3.63, 3.8) is 0 Å². The fourth-order valence-electron chi connectivity index (χ4n) is 1.83. The normalized spacial score (nSPS) is 11.2. The molecule has 0 heterocycles. The van der Waals surface area contributed by atoms with Gasteiger partial charge in [0.1, 0.15) is 4.90 Å². The molecule has 0 atom stereocenters. The summed E-state index contributed by atoms with van der Waals surface area (Å²) in [7, 11) is -4.90. The minimum atomic E-state index is -4.90. The van der Waals surface area contributed by atoms with E-state index in [4.69, 9.17) is 0 Å². The van der Waals surface area contributed by atoms with E-state index in [0.717, 1.165) is 10.5 Å². The fourth-order valence-corrected chi connectivity index (χ4v) is 2.81. The summed E-state index contributed by atoms with van der Waals surface area (Å²) in [4.78, 5) is 11.7. The molecule has 0 aliphatic rings. The van der Waals surface area contributed by atoms with Gasteiger partial charge < -0.3 is 5.32 Å². The standard InChI is InChI=1S/C14H11BrFNO3S/c1-9-10(5-4-6-11(9)15)14(18)17-12-7-2-3-8-13(12)21(16,19)20/h2-8H,1H3,(H,17,18). The van der Waals surface area contributed by atoms with Gasteiger partial charge in [0.05, 0.1) is 5.69 Å². The highest BCUT2D eigenvalue weighted by atomic mass is 79.9. The molecular formula is C14H11BrFNO3S. The lowest BCUT2D eigenvalue weighted by molar-refractivity contribution is 0.102. The minimum absolute atomic E-state index is 0.0932. The Labute approximate surface area is 130 Å². The van der Waals surface area contributed by atoms with E-state index in [1.54, 1.807) is 25.1 Å². The zero-order valence-corrected chi connectivity index (χ0v) is 13.3. The van der Waals surface area contributed by atoms with E-state index < -0.39 is 21.0 Å². The second-order valence-electron chi connectivity index (χ2n) is 4.30. The molecule has 0 aromatic heterocycles. The predicted octanol–water partition coefficient (Wildman–Crippen LogP) is 3.67. The maximum atomic E-state index is 13.2. The summed E-state index contributed by atoms with van der Waals surface area (Å²) >= 11 is 3.31. The van der Waals surface area contributed by atoms with Crippen LogP contribution in [0.25, 0.3) is 0 Å². The van der Waals surface area contributed by atoms with Crippen LogP contribution in [0, 0.1) is 6.92 Å². The molecule has 0 bridgehead atoms. The Morgan fingerprint density at radius 3 is 2.48 bits per heavy atom. The monoisotopic (exact) mass is 371 g/mol. The molecule has 1 amide bonds. The number of hydrogen-bond acceptors (Lipinski definition) is 3. The molecule has 0 fully saturated rings. The number of nitrogens with one attached hydrogen (secondary N) is 1. The second-order valence-corrected chi connectivity index (χ2v) is 6.47. The van der Waals surface area contributed by atoms with Crippen molar-refractivity contribution >= 4 is 37.7 Å². The molecule has 2 rings (SSSR count). The van der Waals surface area contributed by atoms with Crippen LogP contribution in [-0.2, 0) is 10.2 Å². The average molecular weight is 372 g/mol. The highest BCUT2D eigenvalue weighted by molar-refractivity contribution is 9.10. The zero-order valence-electron chi connectivity index (χ0n) is 10.9. The van der Waals surface area contributed by atoms with Gasteiger partial charge in [0.15, 0.2) is 0 Å². The molecule has 1 N–H and O–H groups in total. The minimum Gasteiger partial charge on any atom is -0.321 e. The number of benzene rings is 2. The van der Waals surface area contributed by atoms with Crippen molar-refractivity contribution in [2.75, 3.05) is 5.32 Å². The maximum Gasteiger partial charge on any atom is 0.334 e. The van der Waals surface area contributed by atoms with Crippen LogP contribution in [-0.4, -0.2) is 14.3 Å². The third-order valence-electron chi connectivity index (χ3n) is 2.91. The van der Waals surface area contributed by atoms with Gasteiger partial charge in [-0.15, -0.1) is 3.89 Å². The first kappa shape index (κ1) is 15.7. The van der Waals surface area contributed by atoms with Crippen LogP contribution in [0.4, 0.5) is 9.57 Å². The van der Waals surface area contributed by atoms with Gasteiger partial charge in [0.25, 0.3) is 5.91 Å². The van der Waals surface area contributed by atoms with Crippen LogP contribution >= 0.6 is 15.9 Å². The van der Waals surface area contributed by atoms with Gasteiger partial charge in [-0.1, -0.05) is 34.1 Å². The van der Waals surface area contributed by atoms with Crippen molar-refractivity contribution in [1.29, 1.82) is 0 Å². The summed E-state index contributed by atoms with van der Waals surface area (Å²) < 4.78 is 36.1. The smallest absolute Gasteiger partial charge is 0.321 e. The van der Waals surface area contributed by atoms with Crippen LogP contribution in [0.1, 0.15) is 15.9 Å². The van der Waals surface area contributed by atoms with Gasteiger partial charge in [-0.2, -0.15) is 8.42 Å². The van der Waals surface area contributed by atoms with Crippen molar-refractivity contribution in [1.82, 2.24) is 0 Å². The van der Waals surface area contributed by atoms with Crippen LogP contribution < -0.4 is 5.32 Å². The summed E-state index contributed by atoms with van der Waals surface area (Å²) in [5.74, 6) is -0.509. The Morgan fingerprint density at radius 1 is 1.14 bits per heavy atom. The molecule has 0 saturated heterocycles. The Morgan fingerprint density at radius 2 is 1.81 bits per heavy atom. The van der Waals surface area contributed by atoms with Crippen molar-refractivity contribution < 1.29 is 17.1 Å². The first-order valence-corrected chi connectivity index (χ1v) is 8.08. The lowest BCUT2D eigenvalue weighted by Crippen LogP contribution is -2.15. The van der Waals surface area contributed by atoms with E-state index in [1.807, 2.05) is 0 Å². The summed E-state index contributed by atoms with van der Waals surface area (Å²) in [5, 5.41) is 2.42. The lowest BCUT2D eigenvalue weighted by Gasteiger charge is -2.10. The molecule has 2 aromatic carbocycles. The van der Waals surface area contributed by atoms with Crippen molar-refractivity contribution in [3.05, 3.63) is 58.1 Å². The van der Waals surface area contributed by atoms with E-state index >= 15 is 0 Å². The lowest BCUT2D eigenvalue weighted by atomic mass is 10.1. The molecule has 0 unspecified atom stereocenters. The van der Waals surface area contributed by atoms with Crippen LogP contribution in [0.3, 0.4) is 0 Å². The van der Waals surface area contributed by atoms with Gasteiger partial charge in [0.2, 0.25) is 0 Å². The molecule has 110 valence electrons. The largest absolute Gasteiger partial charge is 0.334 e. The van der Waals surface area contributed by atoms with E-state index in [0.29, 0.717) is 11.1 Å². The average Bonchev–Trinajstić information content (AvgIpc) is 2.41. The molecule has 0 radical (unpaired) electrons. The second kappa shape index (κ2) is 5.95. The van der Waals surface area contributed by atoms with Crippen molar-refractivity contribution in [3.8, 4) is 0 Å². The number of rotatable bonds is 3. The first-order chi connectivity index (χ1) is 9.80. The molecule has 0 spiro atoms. The number of carbonyl (C=O) groups is 1. The summed E-state index contributed by atoms with van der Waals surface area (Å²) in [6, 6.07) is 10.4. The van der Waals surface area contributed by atoms with E-state index in [2.05, 4.69) is 21.2 Å². The highest BCUT2D eigenvalue weighted by Crippen LogP contribution is 2.25. The molecule has 0 aliphatic heterocycles. The molecule has 0 aliphatic carbocycles. The van der Waals surface area contributed by atoms with Gasteiger partial charge in [-0.05, 0) is 36.8 Å². The van der Waals surface area contributed by atoms with Gasteiger partial charge >= 0.3 is 10.2 Å². The Bertz CT molecular complexity index is 806. The van der Waals surface area contributed by atoms with Crippen LogP contribution in [0.2, 0.25) is 0 Å². The Hall–Kier alpha value is -1.73. The number of anilines is 1. The molecule has 0 saturated carbocycles. The van der Waals surface area contributed by atoms with Gasteiger partial charge in [0, 0.05) is 10.0 Å². The summed E-state index contributed by atoms with van der Waals surface area (Å²) in [6.07, 6.45) is 0. The Kier molecular flexibility index (Phi) is 4.43. The van der Waals surface area contributed by atoms with Crippen LogP contribution in [0.5, 0.6) is 0 Å². The molecular weight excluding hydrogens is 361 g/mol. The number of hydrogen-bond donors (Lipinski definition) is 1. The quantitative estimate of drug-likeness (QED) is 0.837.